The number of rotatable bonds is 5. The molecule has 2 N–H and O–H groups in total. The van der Waals surface area contributed by atoms with Crippen molar-refractivity contribution in [3.8, 4) is 5.75 Å². The Morgan fingerprint density at radius 1 is 1.10 bits per heavy atom. The van der Waals surface area contributed by atoms with Gasteiger partial charge in [0.2, 0.25) is 5.91 Å². The van der Waals surface area contributed by atoms with Crippen LogP contribution in [0.1, 0.15) is 6.92 Å². The lowest BCUT2D eigenvalue weighted by molar-refractivity contribution is -0.118. The van der Waals surface area contributed by atoms with Gasteiger partial charge in [0.1, 0.15) is 5.75 Å². The van der Waals surface area contributed by atoms with Gasteiger partial charge in [-0.3, -0.25) is 14.6 Å². The van der Waals surface area contributed by atoms with E-state index in [0.29, 0.717) is 17.1 Å². The smallest absolute Gasteiger partial charge is 0.262 e. The van der Waals surface area contributed by atoms with Crippen molar-refractivity contribution in [1.82, 2.24) is 4.98 Å². The first kappa shape index (κ1) is 14.5. The molecule has 0 bridgehead atoms. The average Bonchev–Trinajstić information content (AvgIpc) is 2.46. The third-order valence-electron chi connectivity index (χ3n) is 2.49. The lowest BCUT2D eigenvalue weighted by Gasteiger charge is -2.09. The van der Waals surface area contributed by atoms with Crippen LogP contribution in [-0.4, -0.2) is 23.4 Å². The molecule has 0 atom stereocenters. The number of benzene rings is 1. The summed E-state index contributed by atoms with van der Waals surface area (Å²) < 4.78 is 5.38. The fourth-order valence-corrected chi connectivity index (χ4v) is 1.65. The first-order chi connectivity index (χ1) is 10.1. The lowest BCUT2D eigenvalue weighted by Crippen LogP contribution is -2.20. The number of amides is 2. The first-order valence-corrected chi connectivity index (χ1v) is 6.34. The summed E-state index contributed by atoms with van der Waals surface area (Å²) in [5, 5.41) is 5.33. The molecule has 1 aromatic carbocycles. The van der Waals surface area contributed by atoms with Crippen LogP contribution in [-0.2, 0) is 9.59 Å². The van der Waals surface area contributed by atoms with Crippen molar-refractivity contribution in [1.29, 1.82) is 0 Å². The Morgan fingerprint density at radius 3 is 2.57 bits per heavy atom. The summed E-state index contributed by atoms with van der Waals surface area (Å²) in [6.07, 6.45) is 3.18. The van der Waals surface area contributed by atoms with Gasteiger partial charge in [-0.25, -0.2) is 0 Å². The molecule has 1 heterocycles. The van der Waals surface area contributed by atoms with Crippen LogP contribution in [0, 0.1) is 0 Å². The zero-order valence-electron chi connectivity index (χ0n) is 11.5. The Labute approximate surface area is 122 Å². The predicted molar refractivity (Wildman–Crippen MR) is 79.1 cm³/mol. The van der Waals surface area contributed by atoms with Gasteiger partial charge in [-0.15, -0.1) is 0 Å². The lowest BCUT2D eigenvalue weighted by atomic mass is 10.3. The van der Waals surface area contributed by atoms with Crippen LogP contribution in [0.2, 0.25) is 0 Å². The highest BCUT2D eigenvalue weighted by atomic mass is 16.5. The van der Waals surface area contributed by atoms with Gasteiger partial charge >= 0.3 is 0 Å². The number of ether oxygens (including phenoxy) is 1. The average molecular weight is 285 g/mol. The quantitative estimate of drug-likeness (QED) is 0.881. The molecule has 108 valence electrons. The molecule has 0 aliphatic carbocycles. The molecule has 0 radical (unpaired) electrons. The summed E-state index contributed by atoms with van der Waals surface area (Å²) in [6, 6.07) is 10.2. The van der Waals surface area contributed by atoms with E-state index in [1.807, 2.05) is 0 Å². The fourth-order valence-electron chi connectivity index (χ4n) is 1.65. The summed E-state index contributed by atoms with van der Waals surface area (Å²) in [5.74, 6) is 0.0693. The van der Waals surface area contributed by atoms with Crippen molar-refractivity contribution in [2.75, 3.05) is 17.2 Å². The number of aromatic nitrogens is 1. The topological polar surface area (TPSA) is 80.3 Å². The molecule has 2 amide bonds. The number of anilines is 2. The maximum absolute atomic E-state index is 11.7. The molecule has 6 nitrogen and oxygen atoms in total. The second-order valence-corrected chi connectivity index (χ2v) is 4.28. The molecule has 0 aliphatic heterocycles. The van der Waals surface area contributed by atoms with E-state index in [1.165, 1.54) is 6.92 Å². The van der Waals surface area contributed by atoms with Crippen LogP contribution < -0.4 is 15.4 Å². The fraction of sp³-hybridized carbons (Fsp3) is 0.133. The molecular weight excluding hydrogens is 270 g/mol. The molecule has 2 rings (SSSR count). The standard InChI is InChI=1S/C15H15N3O3/c1-11(19)17-13-3-2-4-14(9-13)21-10-15(20)18-12-5-7-16-8-6-12/h2-9H,10H2,1H3,(H,17,19)(H,16,18,20). The number of nitrogens with zero attached hydrogens (tertiary/aromatic N) is 1. The molecule has 0 spiro atoms. The van der Waals surface area contributed by atoms with E-state index in [4.69, 9.17) is 4.74 Å². The van der Waals surface area contributed by atoms with Crippen molar-refractivity contribution >= 4 is 23.2 Å². The Hall–Kier alpha value is -2.89. The highest BCUT2D eigenvalue weighted by Crippen LogP contribution is 2.17. The highest BCUT2D eigenvalue weighted by Gasteiger charge is 2.04. The minimum absolute atomic E-state index is 0.119. The van der Waals surface area contributed by atoms with E-state index in [1.54, 1.807) is 48.8 Å². The van der Waals surface area contributed by atoms with Crippen LogP contribution in [0.5, 0.6) is 5.75 Å². The molecule has 0 saturated heterocycles. The molecule has 1 aromatic heterocycles. The van der Waals surface area contributed by atoms with Crippen LogP contribution in [0.3, 0.4) is 0 Å². The van der Waals surface area contributed by atoms with Gasteiger partial charge in [0.25, 0.3) is 5.91 Å². The molecule has 0 saturated carbocycles. The van der Waals surface area contributed by atoms with Crippen molar-refractivity contribution in [2.24, 2.45) is 0 Å². The summed E-state index contributed by atoms with van der Waals surface area (Å²) in [4.78, 5) is 26.6. The normalized spacial score (nSPS) is 9.76. The Bertz CT molecular complexity index is 629. The Kier molecular flexibility index (Phi) is 4.87. The molecule has 0 fully saturated rings. The molecular formula is C15H15N3O3. The Balaban J connectivity index is 1.88. The van der Waals surface area contributed by atoms with E-state index in [9.17, 15) is 9.59 Å². The van der Waals surface area contributed by atoms with Gasteiger partial charge in [-0.05, 0) is 24.3 Å². The van der Waals surface area contributed by atoms with Gasteiger partial charge in [-0.2, -0.15) is 0 Å². The third kappa shape index (κ3) is 4.94. The SMILES string of the molecule is CC(=O)Nc1cccc(OCC(=O)Nc2ccncc2)c1. The molecule has 6 heteroatoms. The van der Waals surface area contributed by atoms with Crippen molar-refractivity contribution in [2.45, 2.75) is 6.92 Å². The predicted octanol–water partition coefficient (Wildman–Crippen LogP) is 2.06. The van der Waals surface area contributed by atoms with Crippen molar-refractivity contribution in [3.63, 3.8) is 0 Å². The van der Waals surface area contributed by atoms with Crippen molar-refractivity contribution in [3.05, 3.63) is 48.8 Å². The minimum Gasteiger partial charge on any atom is -0.484 e. The number of nitrogens with one attached hydrogen (secondary N) is 2. The number of carbonyl (C=O) groups is 2. The van der Waals surface area contributed by atoms with E-state index in [-0.39, 0.29) is 18.4 Å². The van der Waals surface area contributed by atoms with Gasteiger partial charge in [0, 0.05) is 36.8 Å². The molecule has 21 heavy (non-hydrogen) atoms. The second kappa shape index (κ2) is 7.04. The largest absolute Gasteiger partial charge is 0.484 e. The summed E-state index contributed by atoms with van der Waals surface area (Å²) in [6.45, 7) is 1.31. The van der Waals surface area contributed by atoms with Crippen LogP contribution in [0.15, 0.2) is 48.8 Å². The number of carbonyl (C=O) groups excluding carboxylic acids is 2. The molecule has 0 unspecified atom stereocenters. The maximum Gasteiger partial charge on any atom is 0.262 e. The van der Waals surface area contributed by atoms with Gasteiger partial charge in [0.15, 0.2) is 6.61 Å². The number of hydrogen-bond acceptors (Lipinski definition) is 4. The number of hydrogen-bond donors (Lipinski definition) is 2. The third-order valence-corrected chi connectivity index (χ3v) is 2.49. The molecule has 2 aromatic rings. The number of pyridine rings is 1. The van der Waals surface area contributed by atoms with E-state index in [0.717, 1.165) is 0 Å². The first-order valence-electron chi connectivity index (χ1n) is 6.34. The van der Waals surface area contributed by atoms with Crippen molar-refractivity contribution < 1.29 is 14.3 Å². The van der Waals surface area contributed by atoms with Crippen LogP contribution in [0.25, 0.3) is 0 Å². The second-order valence-electron chi connectivity index (χ2n) is 4.28. The maximum atomic E-state index is 11.7. The summed E-state index contributed by atoms with van der Waals surface area (Å²) in [7, 11) is 0. The zero-order chi connectivity index (χ0) is 15.1. The van der Waals surface area contributed by atoms with E-state index in [2.05, 4.69) is 15.6 Å². The van der Waals surface area contributed by atoms with E-state index >= 15 is 0 Å². The molecule has 0 aliphatic rings. The zero-order valence-corrected chi connectivity index (χ0v) is 11.5. The van der Waals surface area contributed by atoms with E-state index < -0.39 is 0 Å². The van der Waals surface area contributed by atoms with Crippen LogP contribution in [0.4, 0.5) is 11.4 Å². The Morgan fingerprint density at radius 2 is 1.86 bits per heavy atom. The summed E-state index contributed by atoms with van der Waals surface area (Å²) in [5.41, 5.74) is 1.28. The van der Waals surface area contributed by atoms with Gasteiger partial charge < -0.3 is 15.4 Å². The van der Waals surface area contributed by atoms with Crippen LogP contribution >= 0.6 is 0 Å². The minimum atomic E-state index is -0.272. The van der Waals surface area contributed by atoms with Gasteiger partial charge in [-0.1, -0.05) is 6.07 Å². The monoisotopic (exact) mass is 285 g/mol. The summed E-state index contributed by atoms with van der Waals surface area (Å²) >= 11 is 0. The highest BCUT2D eigenvalue weighted by molar-refractivity contribution is 5.92. The van der Waals surface area contributed by atoms with Gasteiger partial charge in [0.05, 0.1) is 0 Å².